The zero-order valence-electron chi connectivity index (χ0n) is 24.8. The number of carbonyl (C=O) groups is 5. The molecule has 1 fully saturated rings. The van der Waals surface area contributed by atoms with Crippen LogP contribution in [0.1, 0.15) is 45.1 Å². The summed E-state index contributed by atoms with van der Waals surface area (Å²) in [6.45, 7) is 1.37. The molecule has 47 heavy (non-hydrogen) atoms. The minimum Gasteiger partial charge on any atom is -0.535 e. The number of fused-ring (bicyclic) bond motifs is 1. The van der Waals surface area contributed by atoms with Gasteiger partial charge in [-0.1, -0.05) is 29.8 Å². The second-order valence-corrected chi connectivity index (χ2v) is 11.6. The molecule has 3 heterocycles. The number of ketones is 1. The van der Waals surface area contributed by atoms with Crippen LogP contribution in [-0.2, 0) is 27.3 Å². The molecule has 1 saturated heterocycles. The van der Waals surface area contributed by atoms with E-state index in [-0.39, 0.29) is 48.7 Å². The third kappa shape index (κ3) is 6.64. The highest BCUT2D eigenvalue weighted by molar-refractivity contribution is 6.47. The van der Waals surface area contributed by atoms with Gasteiger partial charge in [0.05, 0.1) is 5.02 Å². The number of carboxylic acids is 1. The Morgan fingerprint density at radius 2 is 1.89 bits per heavy atom. The number of phenols is 2. The maximum absolute atomic E-state index is 13.8. The number of imide groups is 1. The summed E-state index contributed by atoms with van der Waals surface area (Å²) >= 11 is 6.27. The molecule has 17 heteroatoms. The number of halogens is 1. The predicted molar refractivity (Wildman–Crippen MR) is 166 cm³/mol. The third-order valence-corrected chi connectivity index (χ3v) is 8.44. The molecule has 2 aliphatic heterocycles. The van der Waals surface area contributed by atoms with Crippen molar-refractivity contribution >= 4 is 54.1 Å². The number of amides is 4. The number of nitrogen functional groups attached to an aromatic ring is 1. The molecule has 0 bridgehead atoms. The van der Waals surface area contributed by atoms with E-state index < -0.39 is 71.5 Å². The van der Waals surface area contributed by atoms with Crippen LogP contribution in [0.3, 0.4) is 0 Å². The van der Waals surface area contributed by atoms with Crippen LogP contribution in [0.5, 0.6) is 17.2 Å². The maximum atomic E-state index is 13.8. The van der Waals surface area contributed by atoms with Gasteiger partial charge in [0.2, 0.25) is 0 Å². The SMILES string of the molecule is Cc1ccc2c(c1C(=O)O)OB(O)[C@@H](CC(=O)C(NC(=O)N1CCN(Cc3ccnc(N)c3)C(=O)C1=O)c1ccc(O)c(O)c1Cl)C2. The van der Waals surface area contributed by atoms with E-state index in [0.29, 0.717) is 21.6 Å². The van der Waals surface area contributed by atoms with Gasteiger partial charge in [0, 0.05) is 43.6 Å². The van der Waals surface area contributed by atoms with Crippen molar-refractivity contribution in [3.63, 3.8) is 0 Å². The van der Waals surface area contributed by atoms with E-state index in [0.717, 1.165) is 6.07 Å². The lowest BCUT2D eigenvalue weighted by Crippen LogP contribution is -2.58. The highest BCUT2D eigenvalue weighted by Crippen LogP contribution is 2.41. The first kappa shape index (κ1) is 33.0. The lowest BCUT2D eigenvalue weighted by Gasteiger charge is -2.34. The van der Waals surface area contributed by atoms with Gasteiger partial charge in [0.15, 0.2) is 17.3 Å². The molecule has 3 aromatic rings. The maximum Gasteiger partial charge on any atom is 0.526 e. The summed E-state index contributed by atoms with van der Waals surface area (Å²) in [6, 6.07) is 5.88. The smallest absolute Gasteiger partial charge is 0.526 e. The first-order valence-corrected chi connectivity index (χ1v) is 14.7. The van der Waals surface area contributed by atoms with E-state index in [4.69, 9.17) is 22.0 Å². The Labute approximate surface area is 272 Å². The summed E-state index contributed by atoms with van der Waals surface area (Å²) in [5.74, 6) is -6.16. The predicted octanol–water partition coefficient (Wildman–Crippen LogP) is 1.80. The first-order chi connectivity index (χ1) is 22.3. The minimum absolute atomic E-state index is 0.0141. The highest BCUT2D eigenvalue weighted by Gasteiger charge is 2.42. The molecule has 2 aliphatic rings. The average Bonchev–Trinajstić information content (AvgIpc) is 3.01. The molecule has 1 unspecified atom stereocenters. The Kier molecular flexibility index (Phi) is 9.26. The van der Waals surface area contributed by atoms with Gasteiger partial charge in [0.1, 0.15) is 23.2 Å². The van der Waals surface area contributed by atoms with Crippen LogP contribution >= 0.6 is 11.6 Å². The van der Waals surface area contributed by atoms with Crippen LogP contribution in [0.2, 0.25) is 10.8 Å². The van der Waals surface area contributed by atoms with Gasteiger partial charge in [-0.2, -0.15) is 0 Å². The molecule has 0 saturated carbocycles. The number of Topliss-reactive ketones (excluding diaryl/α,β-unsaturated/α-hetero) is 1. The van der Waals surface area contributed by atoms with Gasteiger partial charge in [0.25, 0.3) is 0 Å². The molecule has 0 aliphatic carbocycles. The Hall–Kier alpha value is -5.35. The van der Waals surface area contributed by atoms with Gasteiger partial charge in [-0.05, 0) is 48.2 Å². The van der Waals surface area contributed by atoms with Gasteiger partial charge >= 0.3 is 30.9 Å². The number of hydrogen-bond donors (Lipinski definition) is 6. The van der Waals surface area contributed by atoms with E-state index in [1.54, 1.807) is 31.2 Å². The molecule has 4 amide bonds. The molecule has 1 aromatic heterocycles. The van der Waals surface area contributed by atoms with Crippen LogP contribution in [0, 0.1) is 6.92 Å². The molecule has 0 spiro atoms. The summed E-state index contributed by atoms with van der Waals surface area (Å²) < 4.78 is 5.55. The number of aromatic nitrogens is 1. The van der Waals surface area contributed by atoms with Gasteiger partial charge in [-0.3, -0.25) is 19.3 Å². The lowest BCUT2D eigenvalue weighted by atomic mass is 9.64. The number of carbonyl (C=O) groups excluding carboxylic acids is 4. The molecule has 244 valence electrons. The van der Waals surface area contributed by atoms with E-state index in [1.807, 2.05) is 0 Å². The molecule has 7 N–H and O–H groups in total. The summed E-state index contributed by atoms with van der Waals surface area (Å²) in [5.41, 5.74) is 6.91. The topological polar surface area (TPSA) is 233 Å². The first-order valence-electron chi connectivity index (χ1n) is 14.3. The van der Waals surface area contributed by atoms with E-state index in [2.05, 4.69) is 10.3 Å². The zero-order chi connectivity index (χ0) is 34.2. The van der Waals surface area contributed by atoms with Crippen LogP contribution in [0.25, 0.3) is 0 Å². The van der Waals surface area contributed by atoms with Crippen LogP contribution in [0.15, 0.2) is 42.6 Å². The summed E-state index contributed by atoms with van der Waals surface area (Å²) in [4.78, 5) is 70.8. The number of urea groups is 1. The summed E-state index contributed by atoms with van der Waals surface area (Å²) in [7, 11) is -1.60. The monoisotopic (exact) mass is 665 g/mol. The number of phenolic OH excluding ortho intramolecular Hbond substituents is 2. The number of hydrogen-bond acceptors (Lipinski definition) is 11. The minimum atomic E-state index is -1.62. The van der Waals surface area contributed by atoms with Crippen LogP contribution < -0.4 is 15.7 Å². The lowest BCUT2D eigenvalue weighted by molar-refractivity contribution is -0.154. The molecule has 0 radical (unpaired) electrons. The number of aryl methyl sites for hydroxylation is 1. The molecule has 2 aromatic carbocycles. The number of nitrogens with one attached hydrogen (secondary N) is 1. The van der Waals surface area contributed by atoms with Crippen molar-refractivity contribution in [2.24, 2.45) is 0 Å². The average molecular weight is 666 g/mol. The standard InChI is InChI=1S/C30H29BClN5O10/c1-14-2-3-16-11-17(31(46)47-26(16)22(14)29(43)44)12-20(39)24(18-4-5-19(38)25(40)23(18)32)35-30(45)37-9-8-36(27(41)28(37)42)13-15-6-7-34-21(33)10-15/h2-7,10,17,24,38,40,46H,8-9,11-13H2,1H3,(H2,33,34)(H,35,45)(H,43,44)/t17-,24?/m1/s1. The number of carboxylic acid groups (broad SMARTS) is 1. The third-order valence-electron chi connectivity index (χ3n) is 8.05. The number of pyridine rings is 1. The molecular weight excluding hydrogens is 637 g/mol. The van der Waals surface area contributed by atoms with Crippen molar-refractivity contribution in [3.8, 4) is 17.2 Å². The van der Waals surface area contributed by atoms with E-state index >= 15 is 0 Å². The number of nitrogens with zero attached hydrogens (tertiary/aromatic N) is 3. The fourth-order valence-electron chi connectivity index (χ4n) is 5.59. The fraction of sp³-hybridized carbons (Fsp3) is 0.267. The van der Waals surface area contributed by atoms with Crippen LogP contribution in [0.4, 0.5) is 10.6 Å². The number of piperazine rings is 1. The number of nitrogens with two attached hydrogens (primary N) is 1. The second-order valence-electron chi connectivity index (χ2n) is 11.2. The van der Waals surface area contributed by atoms with Gasteiger partial charge < -0.3 is 40.9 Å². The van der Waals surface area contributed by atoms with Gasteiger partial charge in [-0.15, -0.1) is 0 Å². The number of rotatable bonds is 8. The summed E-state index contributed by atoms with van der Waals surface area (Å²) in [5, 5.41) is 42.6. The van der Waals surface area contributed by atoms with Crippen molar-refractivity contribution in [2.45, 2.75) is 38.2 Å². The van der Waals surface area contributed by atoms with Crippen molar-refractivity contribution in [3.05, 3.63) is 75.4 Å². The number of aromatic carboxylic acids is 1. The van der Waals surface area contributed by atoms with Gasteiger partial charge in [-0.25, -0.2) is 14.6 Å². The van der Waals surface area contributed by atoms with E-state index in [1.165, 1.54) is 17.2 Å². The molecular formula is C30H29BClN5O10. The second kappa shape index (κ2) is 13.2. The number of aromatic hydroxyl groups is 2. The van der Waals surface area contributed by atoms with E-state index in [9.17, 15) is 44.3 Å². The van der Waals surface area contributed by atoms with Crippen molar-refractivity contribution in [1.29, 1.82) is 0 Å². The molecule has 15 nitrogen and oxygen atoms in total. The quantitative estimate of drug-likeness (QED) is 0.115. The Morgan fingerprint density at radius 1 is 1.15 bits per heavy atom. The molecule has 2 atom stereocenters. The van der Waals surface area contributed by atoms with Crippen LogP contribution in [-0.4, -0.2) is 84.9 Å². The van der Waals surface area contributed by atoms with Crippen molar-refractivity contribution in [1.82, 2.24) is 20.1 Å². The fourth-order valence-corrected chi connectivity index (χ4v) is 5.86. The number of anilines is 1. The molecule has 5 rings (SSSR count). The normalized spacial score (nSPS) is 16.7. The highest BCUT2D eigenvalue weighted by atomic mass is 35.5. The number of benzene rings is 2. The zero-order valence-corrected chi connectivity index (χ0v) is 25.6. The Balaban J connectivity index is 1.37. The largest absolute Gasteiger partial charge is 0.535 e. The Bertz CT molecular complexity index is 1810. The Morgan fingerprint density at radius 3 is 2.60 bits per heavy atom. The van der Waals surface area contributed by atoms with Crippen molar-refractivity contribution < 1.29 is 49.0 Å². The van der Waals surface area contributed by atoms with Crippen molar-refractivity contribution in [2.75, 3.05) is 18.8 Å². The summed E-state index contributed by atoms with van der Waals surface area (Å²) in [6.07, 6.45) is 1.06.